The summed E-state index contributed by atoms with van der Waals surface area (Å²) in [6.45, 7) is 3.88. The molecule has 2 N–H and O–H groups in total. The molecule has 0 fully saturated rings. The molecule has 0 radical (unpaired) electrons. The minimum atomic E-state index is 0. The van der Waals surface area contributed by atoms with Crippen molar-refractivity contribution < 1.29 is 4.74 Å². The van der Waals surface area contributed by atoms with Crippen LogP contribution in [-0.4, -0.2) is 34.4 Å². The number of nitrogens with one attached hydrogen (secondary N) is 2. The normalized spacial score (nSPS) is 10.9. The lowest BCUT2D eigenvalue weighted by Crippen LogP contribution is -2.37. The van der Waals surface area contributed by atoms with E-state index in [2.05, 4.69) is 25.8 Å². The van der Waals surface area contributed by atoms with Crippen LogP contribution in [0.5, 0.6) is 5.75 Å². The Morgan fingerprint density at radius 2 is 1.93 bits per heavy atom. The standard InChI is InChI=1S/C20H24N6O.HI/c1-3-21-20(22-13-16-8-7-11-18(12-16)27-2)23-14-19-25-24-15-26(19)17-9-5-4-6-10-17;/h4-12,15H,3,13-14H2,1-2H3,(H2,21,22,23);1H. The van der Waals surface area contributed by atoms with Crippen molar-refractivity contribution >= 4 is 29.9 Å². The number of methoxy groups -OCH3 is 1. The van der Waals surface area contributed by atoms with Crippen LogP contribution in [0.25, 0.3) is 5.69 Å². The average Bonchev–Trinajstić information content (AvgIpc) is 3.19. The Kier molecular flexibility index (Phi) is 8.73. The topological polar surface area (TPSA) is 76.4 Å². The molecule has 0 bridgehead atoms. The molecule has 8 heteroatoms. The van der Waals surface area contributed by atoms with Gasteiger partial charge in [0.25, 0.3) is 0 Å². The first-order valence-electron chi connectivity index (χ1n) is 8.89. The second kappa shape index (κ2) is 11.3. The molecular weight excluding hydrogens is 467 g/mol. The van der Waals surface area contributed by atoms with Gasteiger partial charge in [0.15, 0.2) is 11.8 Å². The Bertz CT molecular complexity index is 881. The third kappa shape index (κ3) is 5.95. The van der Waals surface area contributed by atoms with Crippen molar-refractivity contribution in [2.75, 3.05) is 13.7 Å². The molecule has 0 saturated carbocycles. The second-order valence-corrected chi connectivity index (χ2v) is 5.85. The summed E-state index contributed by atoms with van der Waals surface area (Å²) in [7, 11) is 1.66. The average molecular weight is 492 g/mol. The van der Waals surface area contributed by atoms with Crippen molar-refractivity contribution in [1.29, 1.82) is 0 Å². The molecule has 148 valence electrons. The van der Waals surface area contributed by atoms with E-state index in [1.165, 1.54) is 0 Å². The third-order valence-electron chi connectivity index (χ3n) is 3.96. The molecule has 0 atom stereocenters. The molecule has 0 aliphatic heterocycles. The first-order valence-corrected chi connectivity index (χ1v) is 8.89. The van der Waals surface area contributed by atoms with Crippen molar-refractivity contribution in [2.24, 2.45) is 4.99 Å². The number of ether oxygens (including phenoxy) is 1. The molecule has 7 nitrogen and oxygen atoms in total. The molecule has 0 aliphatic rings. The molecule has 2 aromatic carbocycles. The summed E-state index contributed by atoms with van der Waals surface area (Å²) < 4.78 is 7.22. The highest BCUT2D eigenvalue weighted by molar-refractivity contribution is 14.0. The molecule has 3 aromatic rings. The SMILES string of the molecule is CCNC(=NCc1cccc(OC)c1)NCc1nncn1-c1ccccc1.I. The summed E-state index contributed by atoms with van der Waals surface area (Å²) in [6.07, 6.45) is 1.71. The molecule has 0 spiro atoms. The van der Waals surface area contributed by atoms with Crippen molar-refractivity contribution in [1.82, 2.24) is 25.4 Å². The van der Waals surface area contributed by atoms with Gasteiger partial charge in [-0.05, 0) is 36.8 Å². The molecule has 0 unspecified atom stereocenters. The summed E-state index contributed by atoms with van der Waals surface area (Å²) >= 11 is 0. The molecular formula is C20H25IN6O. The van der Waals surface area contributed by atoms with E-state index in [1.54, 1.807) is 13.4 Å². The van der Waals surface area contributed by atoms with Crippen molar-refractivity contribution in [3.63, 3.8) is 0 Å². The zero-order valence-corrected chi connectivity index (χ0v) is 18.3. The van der Waals surface area contributed by atoms with E-state index in [0.717, 1.165) is 35.3 Å². The Labute approximate surface area is 182 Å². The van der Waals surface area contributed by atoms with Crippen LogP contribution in [0.1, 0.15) is 18.3 Å². The zero-order chi connectivity index (χ0) is 18.9. The Hall–Kier alpha value is -2.62. The Balaban J connectivity index is 0.00000280. The molecule has 1 heterocycles. The smallest absolute Gasteiger partial charge is 0.191 e. The summed E-state index contributed by atoms with van der Waals surface area (Å²) in [5, 5.41) is 14.8. The van der Waals surface area contributed by atoms with Crippen LogP contribution >= 0.6 is 24.0 Å². The maximum Gasteiger partial charge on any atom is 0.191 e. The van der Waals surface area contributed by atoms with E-state index >= 15 is 0 Å². The van der Waals surface area contributed by atoms with Crippen LogP contribution in [0, 0.1) is 0 Å². The minimum absolute atomic E-state index is 0. The van der Waals surface area contributed by atoms with E-state index in [1.807, 2.05) is 66.1 Å². The van der Waals surface area contributed by atoms with Crippen molar-refractivity contribution in [2.45, 2.75) is 20.0 Å². The Morgan fingerprint density at radius 1 is 1.11 bits per heavy atom. The maximum absolute atomic E-state index is 5.26. The van der Waals surface area contributed by atoms with Gasteiger partial charge in [-0.25, -0.2) is 4.99 Å². The van der Waals surface area contributed by atoms with Crippen LogP contribution < -0.4 is 15.4 Å². The quantitative estimate of drug-likeness (QED) is 0.301. The molecule has 28 heavy (non-hydrogen) atoms. The Morgan fingerprint density at radius 3 is 2.68 bits per heavy atom. The molecule has 0 amide bonds. The van der Waals surface area contributed by atoms with Gasteiger partial charge in [0.1, 0.15) is 12.1 Å². The highest BCUT2D eigenvalue weighted by atomic mass is 127. The van der Waals surface area contributed by atoms with E-state index in [9.17, 15) is 0 Å². The van der Waals surface area contributed by atoms with Crippen LogP contribution in [-0.2, 0) is 13.1 Å². The largest absolute Gasteiger partial charge is 0.497 e. The first-order chi connectivity index (χ1) is 13.3. The van der Waals surface area contributed by atoms with Crippen molar-refractivity contribution in [3.8, 4) is 11.4 Å². The summed E-state index contributed by atoms with van der Waals surface area (Å²) in [4.78, 5) is 4.64. The van der Waals surface area contributed by atoms with E-state index in [0.29, 0.717) is 13.1 Å². The fraction of sp³-hybridized carbons (Fsp3) is 0.250. The predicted molar refractivity (Wildman–Crippen MR) is 121 cm³/mol. The van der Waals surface area contributed by atoms with Gasteiger partial charge in [-0.3, -0.25) is 4.57 Å². The maximum atomic E-state index is 5.26. The van der Waals surface area contributed by atoms with Crippen LogP contribution in [0.15, 0.2) is 65.9 Å². The van der Waals surface area contributed by atoms with Gasteiger partial charge in [0.2, 0.25) is 0 Å². The molecule has 1 aromatic heterocycles. The highest BCUT2D eigenvalue weighted by Gasteiger charge is 2.07. The molecule has 0 saturated heterocycles. The number of benzene rings is 2. The van der Waals surface area contributed by atoms with Crippen LogP contribution in [0.2, 0.25) is 0 Å². The summed E-state index contributed by atoms with van der Waals surface area (Å²) in [6, 6.07) is 17.9. The lowest BCUT2D eigenvalue weighted by atomic mass is 10.2. The fourth-order valence-electron chi connectivity index (χ4n) is 2.63. The van der Waals surface area contributed by atoms with Crippen LogP contribution in [0.4, 0.5) is 0 Å². The van der Waals surface area contributed by atoms with Gasteiger partial charge in [0, 0.05) is 12.2 Å². The number of aliphatic imine (C=N–C) groups is 1. The number of aromatic nitrogens is 3. The van der Waals surface area contributed by atoms with Gasteiger partial charge >= 0.3 is 0 Å². The number of rotatable bonds is 7. The number of hydrogen-bond acceptors (Lipinski definition) is 4. The lowest BCUT2D eigenvalue weighted by molar-refractivity contribution is 0.414. The van der Waals surface area contributed by atoms with Gasteiger partial charge in [-0.15, -0.1) is 34.2 Å². The van der Waals surface area contributed by atoms with Crippen molar-refractivity contribution in [3.05, 3.63) is 72.3 Å². The number of nitrogens with zero attached hydrogens (tertiary/aromatic N) is 4. The second-order valence-electron chi connectivity index (χ2n) is 5.85. The summed E-state index contributed by atoms with van der Waals surface area (Å²) in [5.74, 6) is 2.37. The van der Waals surface area contributed by atoms with E-state index < -0.39 is 0 Å². The van der Waals surface area contributed by atoms with Gasteiger partial charge in [0.05, 0.1) is 20.2 Å². The van der Waals surface area contributed by atoms with E-state index in [4.69, 9.17) is 4.74 Å². The van der Waals surface area contributed by atoms with Gasteiger partial charge < -0.3 is 15.4 Å². The minimum Gasteiger partial charge on any atom is -0.497 e. The summed E-state index contributed by atoms with van der Waals surface area (Å²) in [5.41, 5.74) is 2.11. The fourth-order valence-corrected chi connectivity index (χ4v) is 2.63. The predicted octanol–water partition coefficient (Wildman–Crippen LogP) is 3.15. The molecule has 3 rings (SSSR count). The number of guanidine groups is 1. The zero-order valence-electron chi connectivity index (χ0n) is 16.0. The third-order valence-corrected chi connectivity index (χ3v) is 3.96. The van der Waals surface area contributed by atoms with Gasteiger partial charge in [-0.1, -0.05) is 30.3 Å². The number of para-hydroxylation sites is 1. The van der Waals surface area contributed by atoms with Crippen LogP contribution in [0.3, 0.4) is 0 Å². The highest BCUT2D eigenvalue weighted by Crippen LogP contribution is 2.13. The van der Waals surface area contributed by atoms with Gasteiger partial charge in [-0.2, -0.15) is 0 Å². The lowest BCUT2D eigenvalue weighted by Gasteiger charge is -2.12. The van der Waals surface area contributed by atoms with E-state index in [-0.39, 0.29) is 24.0 Å². The first kappa shape index (κ1) is 21.7. The number of halogens is 1. The molecule has 0 aliphatic carbocycles. The number of hydrogen-bond donors (Lipinski definition) is 2. The monoisotopic (exact) mass is 492 g/mol.